The van der Waals surface area contributed by atoms with Crippen molar-refractivity contribution in [2.75, 3.05) is 12.3 Å². The second-order valence-corrected chi connectivity index (χ2v) is 2.27. The molecular weight excluding hydrogens is 174 g/mol. The highest BCUT2D eigenvalue weighted by molar-refractivity contribution is 5.55. The predicted molar refractivity (Wildman–Crippen MR) is 46.5 cm³/mol. The molecule has 0 aliphatic heterocycles. The average molecular weight is 183 g/mol. The number of hydrogen-bond donors (Lipinski definition) is 1. The Kier molecular flexibility index (Phi) is 2.63. The van der Waals surface area contributed by atoms with Crippen molar-refractivity contribution in [2.24, 2.45) is 0 Å². The van der Waals surface area contributed by atoms with E-state index in [-0.39, 0.29) is 11.5 Å². The first kappa shape index (κ1) is 9.24. The van der Waals surface area contributed by atoms with Crippen molar-refractivity contribution in [2.45, 2.75) is 6.92 Å². The van der Waals surface area contributed by atoms with Gasteiger partial charge in [0.25, 0.3) is 0 Å². The molecule has 1 aromatic heterocycles. The van der Waals surface area contributed by atoms with Gasteiger partial charge >= 0.3 is 5.82 Å². The summed E-state index contributed by atoms with van der Waals surface area (Å²) in [5.74, 6) is 0.0917. The highest BCUT2D eigenvalue weighted by Gasteiger charge is 2.13. The van der Waals surface area contributed by atoms with Crippen LogP contribution in [0.4, 0.5) is 11.5 Å². The van der Waals surface area contributed by atoms with Gasteiger partial charge in [0, 0.05) is 6.07 Å². The largest absolute Gasteiger partial charge is 0.490 e. The molecule has 0 aromatic carbocycles. The summed E-state index contributed by atoms with van der Waals surface area (Å²) in [7, 11) is 0. The molecule has 1 heterocycles. The monoisotopic (exact) mass is 183 g/mol. The van der Waals surface area contributed by atoms with Gasteiger partial charge in [-0.1, -0.05) is 0 Å². The third kappa shape index (κ3) is 2.05. The lowest BCUT2D eigenvalue weighted by Crippen LogP contribution is -2.00. The molecule has 6 nitrogen and oxygen atoms in total. The highest BCUT2D eigenvalue weighted by atomic mass is 16.6. The van der Waals surface area contributed by atoms with E-state index in [1.807, 2.05) is 0 Å². The molecule has 6 heteroatoms. The van der Waals surface area contributed by atoms with Crippen molar-refractivity contribution < 1.29 is 9.66 Å². The molecule has 1 rings (SSSR count). The Bertz CT molecular complexity index is 327. The van der Waals surface area contributed by atoms with E-state index in [0.717, 1.165) is 0 Å². The van der Waals surface area contributed by atoms with Crippen LogP contribution in [0.1, 0.15) is 6.92 Å². The van der Waals surface area contributed by atoms with E-state index < -0.39 is 4.92 Å². The number of nitrogens with zero attached hydrogens (tertiary/aromatic N) is 2. The fraction of sp³-hybridized carbons (Fsp3) is 0.286. The van der Waals surface area contributed by atoms with Gasteiger partial charge in [-0.2, -0.15) is 0 Å². The fourth-order valence-corrected chi connectivity index (χ4v) is 0.853. The SMILES string of the molecule is CCOc1cnc([N+](=O)[O-])c(N)c1. The number of anilines is 1. The normalized spacial score (nSPS) is 9.62. The molecule has 2 N–H and O–H groups in total. The van der Waals surface area contributed by atoms with E-state index in [9.17, 15) is 10.1 Å². The maximum absolute atomic E-state index is 10.3. The van der Waals surface area contributed by atoms with E-state index in [1.165, 1.54) is 12.3 Å². The Hall–Kier alpha value is -1.85. The van der Waals surface area contributed by atoms with Crippen molar-refractivity contribution in [3.05, 3.63) is 22.4 Å². The Morgan fingerprint density at radius 2 is 2.46 bits per heavy atom. The van der Waals surface area contributed by atoms with Crippen molar-refractivity contribution >= 4 is 11.5 Å². The molecule has 1 aromatic rings. The van der Waals surface area contributed by atoms with Crippen LogP contribution in [0, 0.1) is 10.1 Å². The highest BCUT2D eigenvalue weighted by Crippen LogP contribution is 2.22. The first-order valence-corrected chi connectivity index (χ1v) is 3.68. The van der Waals surface area contributed by atoms with E-state index >= 15 is 0 Å². The van der Waals surface area contributed by atoms with Crippen molar-refractivity contribution in [1.82, 2.24) is 4.98 Å². The van der Waals surface area contributed by atoms with E-state index in [0.29, 0.717) is 12.4 Å². The van der Waals surface area contributed by atoms with E-state index in [1.54, 1.807) is 6.92 Å². The number of nitro groups is 1. The summed E-state index contributed by atoms with van der Waals surface area (Å²) in [6, 6.07) is 1.38. The third-order valence-corrected chi connectivity index (χ3v) is 1.35. The first-order valence-electron chi connectivity index (χ1n) is 3.68. The summed E-state index contributed by atoms with van der Waals surface area (Å²) < 4.78 is 5.06. The van der Waals surface area contributed by atoms with Gasteiger partial charge in [-0.15, -0.1) is 0 Å². The van der Waals surface area contributed by atoms with Crippen molar-refractivity contribution in [3.63, 3.8) is 0 Å². The van der Waals surface area contributed by atoms with Crippen LogP contribution >= 0.6 is 0 Å². The molecule has 0 amide bonds. The Morgan fingerprint density at radius 3 is 2.92 bits per heavy atom. The van der Waals surface area contributed by atoms with Gasteiger partial charge in [0.15, 0.2) is 11.9 Å². The molecule has 70 valence electrons. The summed E-state index contributed by atoms with van der Waals surface area (Å²) >= 11 is 0. The number of rotatable bonds is 3. The Balaban J connectivity index is 2.98. The quantitative estimate of drug-likeness (QED) is 0.556. The van der Waals surface area contributed by atoms with Gasteiger partial charge in [-0.3, -0.25) is 0 Å². The number of aromatic nitrogens is 1. The van der Waals surface area contributed by atoms with Crippen LogP contribution in [0.5, 0.6) is 5.75 Å². The zero-order chi connectivity index (χ0) is 9.84. The summed E-state index contributed by atoms with van der Waals surface area (Å²) in [5, 5.41) is 10.3. The molecule has 0 radical (unpaired) electrons. The van der Waals surface area contributed by atoms with Crippen LogP contribution in [0.2, 0.25) is 0 Å². The predicted octanol–water partition coefficient (Wildman–Crippen LogP) is 0.971. The molecule has 13 heavy (non-hydrogen) atoms. The van der Waals surface area contributed by atoms with Gasteiger partial charge < -0.3 is 20.6 Å². The topological polar surface area (TPSA) is 91.3 Å². The maximum Gasteiger partial charge on any atom is 0.386 e. The summed E-state index contributed by atoms with van der Waals surface area (Å²) in [5.41, 5.74) is 5.38. The van der Waals surface area contributed by atoms with Crippen LogP contribution in [-0.2, 0) is 0 Å². The van der Waals surface area contributed by atoms with Crippen LogP contribution < -0.4 is 10.5 Å². The number of pyridine rings is 1. The van der Waals surface area contributed by atoms with E-state index in [2.05, 4.69) is 4.98 Å². The van der Waals surface area contributed by atoms with Crippen LogP contribution in [0.15, 0.2) is 12.3 Å². The summed E-state index contributed by atoms with van der Waals surface area (Å²) in [6.45, 7) is 2.27. The van der Waals surface area contributed by atoms with Gasteiger partial charge in [-0.25, -0.2) is 0 Å². The summed E-state index contributed by atoms with van der Waals surface area (Å²) in [4.78, 5) is 13.2. The Morgan fingerprint density at radius 1 is 1.77 bits per heavy atom. The van der Waals surface area contributed by atoms with Gasteiger partial charge in [0.1, 0.15) is 5.69 Å². The fourth-order valence-electron chi connectivity index (χ4n) is 0.853. The molecule has 0 saturated carbocycles. The second kappa shape index (κ2) is 3.70. The molecule has 0 aliphatic rings. The second-order valence-electron chi connectivity index (χ2n) is 2.27. The van der Waals surface area contributed by atoms with Crippen LogP contribution in [-0.4, -0.2) is 16.5 Å². The smallest absolute Gasteiger partial charge is 0.386 e. The number of ether oxygens (including phenoxy) is 1. The zero-order valence-electron chi connectivity index (χ0n) is 7.06. The first-order chi connectivity index (χ1) is 6.15. The maximum atomic E-state index is 10.3. The molecule has 0 fully saturated rings. The lowest BCUT2D eigenvalue weighted by Gasteiger charge is -2.01. The minimum Gasteiger partial charge on any atom is -0.490 e. The lowest BCUT2D eigenvalue weighted by molar-refractivity contribution is -0.388. The standard InChI is InChI=1S/C7H9N3O3/c1-2-13-5-3-6(8)7(9-4-5)10(11)12/h3-4H,2,8H2,1H3. The zero-order valence-corrected chi connectivity index (χ0v) is 7.06. The van der Waals surface area contributed by atoms with Crippen molar-refractivity contribution in [1.29, 1.82) is 0 Å². The number of nitrogens with two attached hydrogens (primary N) is 1. The molecular formula is C7H9N3O3. The van der Waals surface area contributed by atoms with Gasteiger partial charge in [0.05, 0.1) is 6.61 Å². The summed E-state index contributed by atoms with van der Waals surface area (Å²) in [6.07, 6.45) is 1.28. The van der Waals surface area contributed by atoms with Crippen molar-refractivity contribution in [3.8, 4) is 5.75 Å². The molecule has 0 atom stereocenters. The van der Waals surface area contributed by atoms with Crippen LogP contribution in [0.3, 0.4) is 0 Å². The number of hydrogen-bond acceptors (Lipinski definition) is 5. The third-order valence-electron chi connectivity index (χ3n) is 1.35. The molecule has 0 aliphatic carbocycles. The van der Waals surface area contributed by atoms with Gasteiger partial charge in [-0.05, 0) is 16.8 Å². The minimum absolute atomic E-state index is 0.0101. The molecule has 0 saturated heterocycles. The van der Waals surface area contributed by atoms with Gasteiger partial charge in [0.2, 0.25) is 0 Å². The number of nitrogen functional groups attached to an aromatic ring is 1. The molecule has 0 spiro atoms. The van der Waals surface area contributed by atoms with Crippen LogP contribution in [0.25, 0.3) is 0 Å². The molecule has 0 bridgehead atoms. The Labute approximate surface area is 74.5 Å². The lowest BCUT2D eigenvalue weighted by atomic mass is 10.4. The average Bonchev–Trinajstić information content (AvgIpc) is 2.04. The van der Waals surface area contributed by atoms with E-state index in [4.69, 9.17) is 10.5 Å². The molecule has 0 unspecified atom stereocenters. The minimum atomic E-state index is -0.634.